The summed E-state index contributed by atoms with van der Waals surface area (Å²) in [6.45, 7) is 1.96. The highest BCUT2D eigenvalue weighted by Gasteiger charge is 2.17. The Labute approximate surface area is 121 Å². The van der Waals surface area contributed by atoms with Gasteiger partial charge in [-0.3, -0.25) is 4.79 Å². The quantitative estimate of drug-likeness (QED) is 0.843. The van der Waals surface area contributed by atoms with Crippen LogP contribution in [-0.4, -0.2) is 24.0 Å². The molecule has 0 aromatic heterocycles. The number of benzene rings is 1. The SMILES string of the molecule is CSCC[C@H](N)C(=O)N[C@@H](C)c1ccccc1Br. The average Bonchev–Trinajstić information content (AvgIpc) is 2.36. The minimum absolute atomic E-state index is 0.0478. The molecular formula is C13H19BrN2OS. The second-order valence-electron chi connectivity index (χ2n) is 4.14. The Morgan fingerprint density at radius 1 is 1.50 bits per heavy atom. The van der Waals surface area contributed by atoms with E-state index in [-0.39, 0.29) is 11.9 Å². The summed E-state index contributed by atoms with van der Waals surface area (Å²) in [4.78, 5) is 11.9. The first kappa shape index (κ1) is 15.5. The number of halogens is 1. The molecule has 3 N–H and O–H groups in total. The van der Waals surface area contributed by atoms with Crippen molar-refractivity contribution in [2.75, 3.05) is 12.0 Å². The van der Waals surface area contributed by atoms with E-state index in [1.54, 1.807) is 11.8 Å². The van der Waals surface area contributed by atoms with Gasteiger partial charge in [0.15, 0.2) is 0 Å². The van der Waals surface area contributed by atoms with Crippen LogP contribution in [0, 0.1) is 0 Å². The molecule has 1 aromatic carbocycles. The molecule has 0 radical (unpaired) electrons. The first-order valence-corrected chi connectivity index (χ1v) is 8.04. The number of hydrogen-bond donors (Lipinski definition) is 2. The standard InChI is InChI=1S/C13H19BrN2OS/c1-9(10-5-3-4-6-11(10)14)16-13(17)12(15)7-8-18-2/h3-6,9,12H,7-8,15H2,1-2H3,(H,16,17)/t9-,12-/m0/s1. The lowest BCUT2D eigenvalue weighted by Crippen LogP contribution is -2.42. The van der Waals surface area contributed by atoms with Gasteiger partial charge >= 0.3 is 0 Å². The van der Waals surface area contributed by atoms with E-state index in [1.165, 1.54) is 0 Å². The van der Waals surface area contributed by atoms with Gasteiger partial charge in [-0.05, 0) is 37.0 Å². The van der Waals surface area contributed by atoms with Crippen molar-refractivity contribution in [3.63, 3.8) is 0 Å². The molecule has 0 aliphatic rings. The summed E-state index contributed by atoms with van der Waals surface area (Å²) in [6.07, 6.45) is 2.71. The van der Waals surface area contributed by atoms with Gasteiger partial charge < -0.3 is 11.1 Å². The zero-order valence-electron chi connectivity index (χ0n) is 10.7. The highest BCUT2D eigenvalue weighted by Crippen LogP contribution is 2.22. The predicted molar refractivity (Wildman–Crippen MR) is 81.7 cm³/mol. The van der Waals surface area contributed by atoms with E-state index in [2.05, 4.69) is 21.2 Å². The summed E-state index contributed by atoms with van der Waals surface area (Å²) >= 11 is 5.18. The fourth-order valence-electron chi connectivity index (χ4n) is 1.60. The fourth-order valence-corrected chi connectivity index (χ4v) is 2.72. The minimum atomic E-state index is -0.428. The van der Waals surface area contributed by atoms with Gasteiger partial charge in [-0.25, -0.2) is 0 Å². The maximum Gasteiger partial charge on any atom is 0.237 e. The average molecular weight is 331 g/mol. The fraction of sp³-hybridized carbons (Fsp3) is 0.462. The van der Waals surface area contributed by atoms with E-state index in [4.69, 9.17) is 5.73 Å². The lowest BCUT2D eigenvalue weighted by atomic mass is 10.1. The second kappa shape index (κ2) is 7.81. The normalized spacial score (nSPS) is 14.0. The zero-order chi connectivity index (χ0) is 13.5. The zero-order valence-corrected chi connectivity index (χ0v) is 13.1. The molecule has 0 saturated carbocycles. The number of carbonyl (C=O) groups excluding carboxylic acids is 1. The molecule has 2 atom stereocenters. The highest BCUT2D eigenvalue weighted by molar-refractivity contribution is 9.10. The molecule has 0 aliphatic carbocycles. The molecule has 0 saturated heterocycles. The molecule has 0 bridgehead atoms. The Kier molecular flexibility index (Phi) is 6.75. The summed E-state index contributed by atoms with van der Waals surface area (Å²) in [5.74, 6) is 0.810. The number of nitrogens with one attached hydrogen (secondary N) is 1. The molecule has 0 heterocycles. The Balaban J connectivity index is 2.57. The van der Waals surface area contributed by atoms with Crippen LogP contribution in [0.15, 0.2) is 28.7 Å². The highest BCUT2D eigenvalue weighted by atomic mass is 79.9. The lowest BCUT2D eigenvalue weighted by Gasteiger charge is -2.18. The van der Waals surface area contributed by atoms with E-state index < -0.39 is 6.04 Å². The molecule has 18 heavy (non-hydrogen) atoms. The van der Waals surface area contributed by atoms with Crippen molar-refractivity contribution >= 4 is 33.6 Å². The van der Waals surface area contributed by atoms with E-state index in [0.29, 0.717) is 6.42 Å². The monoisotopic (exact) mass is 330 g/mol. The van der Waals surface area contributed by atoms with E-state index in [1.807, 2.05) is 37.4 Å². The number of amides is 1. The summed E-state index contributed by atoms with van der Waals surface area (Å²) < 4.78 is 0.996. The molecule has 0 unspecified atom stereocenters. The molecule has 0 fully saturated rings. The van der Waals surface area contributed by atoms with Crippen molar-refractivity contribution in [3.8, 4) is 0 Å². The van der Waals surface area contributed by atoms with Gasteiger partial charge in [0, 0.05) is 4.47 Å². The van der Waals surface area contributed by atoms with Gasteiger partial charge in [-0.2, -0.15) is 11.8 Å². The molecule has 1 rings (SSSR count). The van der Waals surface area contributed by atoms with Crippen molar-refractivity contribution in [2.24, 2.45) is 5.73 Å². The summed E-state index contributed by atoms with van der Waals surface area (Å²) in [6, 6.07) is 7.38. The Bertz CT molecular complexity index is 400. The molecule has 1 aromatic rings. The Morgan fingerprint density at radius 2 is 2.17 bits per heavy atom. The first-order chi connectivity index (χ1) is 8.56. The third kappa shape index (κ3) is 4.63. The minimum Gasteiger partial charge on any atom is -0.348 e. The molecule has 1 amide bonds. The van der Waals surface area contributed by atoms with Gasteiger partial charge in [-0.15, -0.1) is 0 Å². The number of hydrogen-bond acceptors (Lipinski definition) is 3. The van der Waals surface area contributed by atoms with E-state index in [9.17, 15) is 4.79 Å². The van der Waals surface area contributed by atoms with Crippen LogP contribution in [0.2, 0.25) is 0 Å². The van der Waals surface area contributed by atoms with Crippen molar-refractivity contribution < 1.29 is 4.79 Å². The van der Waals surface area contributed by atoms with Crippen LogP contribution in [0.5, 0.6) is 0 Å². The topological polar surface area (TPSA) is 55.1 Å². The smallest absolute Gasteiger partial charge is 0.237 e. The van der Waals surface area contributed by atoms with Crippen LogP contribution in [0.4, 0.5) is 0 Å². The second-order valence-corrected chi connectivity index (χ2v) is 5.98. The van der Waals surface area contributed by atoms with Gasteiger partial charge in [-0.1, -0.05) is 34.1 Å². The van der Waals surface area contributed by atoms with E-state index >= 15 is 0 Å². The Morgan fingerprint density at radius 3 is 2.78 bits per heavy atom. The molecule has 100 valence electrons. The molecule has 0 aliphatic heterocycles. The summed E-state index contributed by atoms with van der Waals surface area (Å²) in [5.41, 5.74) is 6.89. The van der Waals surface area contributed by atoms with E-state index in [0.717, 1.165) is 15.8 Å². The lowest BCUT2D eigenvalue weighted by molar-refractivity contribution is -0.123. The van der Waals surface area contributed by atoms with Crippen LogP contribution >= 0.6 is 27.7 Å². The van der Waals surface area contributed by atoms with Crippen molar-refractivity contribution in [2.45, 2.75) is 25.4 Å². The van der Waals surface area contributed by atoms with Gasteiger partial charge in [0.1, 0.15) is 0 Å². The third-order valence-electron chi connectivity index (χ3n) is 2.70. The van der Waals surface area contributed by atoms with Crippen LogP contribution < -0.4 is 11.1 Å². The van der Waals surface area contributed by atoms with Crippen molar-refractivity contribution in [1.82, 2.24) is 5.32 Å². The number of thioether (sulfide) groups is 1. The molecule has 0 spiro atoms. The molecular weight excluding hydrogens is 312 g/mol. The van der Waals surface area contributed by atoms with Crippen LogP contribution in [0.3, 0.4) is 0 Å². The maximum atomic E-state index is 11.9. The number of carbonyl (C=O) groups is 1. The largest absolute Gasteiger partial charge is 0.348 e. The van der Waals surface area contributed by atoms with Crippen molar-refractivity contribution in [3.05, 3.63) is 34.3 Å². The van der Waals surface area contributed by atoms with Crippen LogP contribution in [0.1, 0.15) is 24.9 Å². The maximum absolute atomic E-state index is 11.9. The first-order valence-electron chi connectivity index (χ1n) is 5.85. The third-order valence-corrected chi connectivity index (χ3v) is 4.07. The van der Waals surface area contributed by atoms with Crippen molar-refractivity contribution in [1.29, 1.82) is 0 Å². The number of rotatable bonds is 6. The Hall–Kier alpha value is -0.520. The summed E-state index contributed by atoms with van der Waals surface area (Å²) in [7, 11) is 0. The van der Waals surface area contributed by atoms with Gasteiger partial charge in [0.05, 0.1) is 12.1 Å². The molecule has 3 nitrogen and oxygen atoms in total. The molecule has 5 heteroatoms. The van der Waals surface area contributed by atoms with Crippen LogP contribution in [0.25, 0.3) is 0 Å². The van der Waals surface area contributed by atoms with Gasteiger partial charge in [0.25, 0.3) is 0 Å². The summed E-state index contributed by atoms with van der Waals surface area (Å²) in [5, 5.41) is 2.94. The predicted octanol–water partition coefficient (Wildman–Crippen LogP) is 2.71. The van der Waals surface area contributed by atoms with Gasteiger partial charge in [0.2, 0.25) is 5.91 Å². The number of nitrogens with two attached hydrogens (primary N) is 1. The van der Waals surface area contributed by atoms with Crippen LogP contribution in [-0.2, 0) is 4.79 Å².